The average Bonchev–Trinajstić information content (AvgIpc) is 2.43. The quantitative estimate of drug-likeness (QED) is 0.747. The number of halogens is 1. The van der Waals surface area contributed by atoms with Gasteiger partial charge in [-0.2, -0.15) is 0 Å². The Bertz CT molecular complexity index is 711. The van der Waals surface area contributed by atoms with Crippen molar-refractivity contribution in [1.29, 1.82) is 0 Å². The number of aliphatic hydroxyl groups excluding tert-OH is 1. The van der Waals surface area contributed by atoms with Crippen molar-refractivity contribution in [2.45, 2.75) is 12.2 Å². The van der Waals surface area contributed by atoms with Crippen molar-refractivity contribution in [1.82, 2.24) is 0 Å². The molecule has 6 heteroatoms. The molecule has 0 saturated carbocycles. The lowest BCUT2D eigenvalue weighted by Gasteiger charge is -2.30. The summed E-state index contributed by atoms with van der Waals surface area (Å²) in [6, 6.07) is 7.32. The van der Waals surface area contributed by atoms with Gasteiger partial charge in [0.1, 0.15) is 28.6 Å². The highest BCUT2D eigenvalue weighted by atomic mass is 19.1. The molecule has 1 aliphatic rings. The van der Waals surface area contributed by atoms with Crippen LogP contribution in [0.4, 0.5) is 4.39 Å². The number of ketones is 1. The molecule has 0 saturated heterocycles. The van der Waals surface area contributed by atoms with Gasteiger partial charge in [0.15, 0.2) is 12.2 Å². The lowest BCUT2D eigenvalue weighted by atomic mass is 9.93. The van der Waals surface area contributed by atoms with Gasteiger partial charge in [0, 0.05) is 12.1 Å². The fourth-order valence-corrected chi connectivity index (χ4v) is 2.32. The number of Topliss-reactive ketones (excluding diaryl/α,β-unsaturated/α-hetero) is 1. The van der Waals surface area contributed by atoms with Gasteiger partial charge in [0.25, 0.3) is 0 Å². The standard InChI is InChI=1S/C15H11FO5/c16-8-3-1-7(2-4-8)15-14(20)13(19)12-10(18)5-9(17)6-11(12)21-15/h1-6,14-15,17-18,20H. The molecule has 0 spiro atoms. The number of carbonyl (C=O) groups is 1. The van der Waals surface area contributed by atoms with E-state index in [4.69, 9.17) is 4.74 Å². The number of benzene rings is 2. The van der Waals surface area contributed by atoms with Crippen LogP contribution in [0, 0.1) is 5.82 Å². The molecule has 108 valence electrons. The molecule has 0 aliphatic carbocycles. The molecule has 21 heavy (non-hydrogen) atoms. The molecule has 0 fully saturated rings. The molecule has 3 N–H and O–H groups in total. The normalized spacial score (nSPS) is 20.8. The Morgan fingerprint density at radius 1 is 1.10 bits per heavy atom. The van der Waals surface area contributed by atoms with E-state index in [1.54, 1.807) is 0 Å². The largest absolute Gasteiger partial charge is 0.508 e. The van der Waals surface area contributed by atoms with Gasteiger partial charge in [-0.3, -0.25) is 4.79 Å². The number of ether oxygens (including phenoxy) is 1. The monoisotopic (exact) mass is 290 g/mol. The highest BCUT2D eigenvalue weighted by Gasteiger charge is 2.39. The summed E-state index contributed by atoms with van der Waals surface area (Å²) in [5, 5.41) is 29.2. The van der Waals surface area contributed by atoms with Crippen LogP contribution in [0.3, 0.4) is 0 Å². The molecule has 5 nitrogen and oxygen atoms in total. The Kier molecular flexibility index (Phi) is 3.03. The van der Waals surface area contributed by atoms with Crippen molar-refractivity contribution >= 4 is 5.78 Å². The Balaban J connectivity index is 2.07. The van der Waals surface area contributed by atoms with Crippen molar-refractivity contribution in [2.24, 2.45) is 0 Å². The second-order valence-corrected chi connectivity index (χ2v) is 4.74. The number of aliphatic hydroxyl groups is 1. The van der Waals surface area contributed by atoms with E-state index >= 15 is 0 Å². The highest BCUT2D eigenvalue weighted by molar-refractivity contribution is 6.05. The van der Waals surface area contributed by atoms with E-state index in [1.165, 1.54) is 30.3 Å². The maximum atomic E-state index is 12.9. The minimum absolute atomic E-state index is 0.0304. The molecule has 2 aromatic rings. The number of fused-ring (bicyclic) bond motifs is 1. The minimum atomic E-state index is -1.53. The van der Waals surface area contributed by atoms with Gasteiger partial charge in [-0.15, -0.1) is 0 Å². The first-order valence-electron chi connectivity index (χ1n) is 6.18. The van der Waals surface area contributed by atoms with Crippen molar-refractivity contribution in [2.75, 3.05) is 0 Å². The van der Waals surface area contributed by atoms with Gasteiger partial charge >= 0.3 is 0 Å². The van der Waals surface area contributed by atoms with Crippen LogP contribution in [0.2, 0.25) is 0 Å². The first-order chi connectivity index (χ1) is 9.97. The highest BCUT2D eigenvalue weighted by Crippen LogP contribution is 2.41. The molecule has 1 aliphatic heterocycles. The van der Waals surface area contributed by atoms with Gasteiger partial charge in [0.05, 0.1) is 0 Å². The van der Waals surface area contributed by atoms with E-state index in [0.717, 1.165) is 6.07 Å². The summed E-state index contributed by atoms with van der Waals surface area (Å²) >= 11 is 0. The van der Waals surface area contributed by atoms with Gasteiger partial charge < -0.3 is 20.1 Å². The van der Waals surface area contributed by atoms with Crippen LogP contribution >= 0.6 is 0 Å². The third-order valence-electron chi connectivity index (χ3n) is 3.32. The fourth-order valence-electron chi connectivity index (χ4n) is 2.32. The third-order valence-corrected chi connectivity index (χ3v) is 3.32. The fraction of sp³-hybridized carbons (Fsp3) is 0.133. The molecule has 0 amide bonds. The van der Waals surface area contributed by atoms with Crippen LogP contribution in [-0.2, 0) is 0 Å². The van der Waals surface area contributed by atoms with Crippen molar-refractivity contribution in [3.63, 3.8) is 0 Å². The van der Waals surface area contributed by atoms with Gasteiger partial charge in [-0.1, -0.05) is 12.1 Å². The molecular weight excluding hydrogens is 279 g/mol. The number of phenols is 2. The van der Waals surface area contributed by atoms with Crippen LogP contribution in [0.15, 0.2) is 36.4 Å². The summed E-state index contributed by atoms with van der Waals surface area (Å²) in [6.45, 7) is 0. The van der Waals surface area contributed by atoms with Crippen LogP contribution in [0.1, 0.15) is 22.0 Å². The summed E-state index contributed by atoms with van der Waals surface area (Å²) in [7, 11) is 0. The lowest BCUT2D eigenvalue weighted by Crippen LogP contribution is -2.36. The van der Waals surface area contributed by atoms with Crippen molar-refractivity contribution in [3.8, 4) is 17.2 Å². The zero-order chi connectivity index (χ0) is 15.1. The molecular formula is C15H11FO5. The zero-order valence-electron chi connectivity index (χ0n) is 10.7. The predicted octanol–water partition coefficient (Wildman–Crippen LogP) is 1.91. The minimum Gasteiger partial charge on any atom is -0.508 e. The summed E-state index contributed by atoms with van der Waals surface area (Å²) in [5.74, 6) is -1.94. The number of rotatable bonds is 1. The van der Waals surface area contributed by atoms with E-state index in [-0.39, 0.29) is 17.1 Å². The van der Waals surface area contributed by atoms with Crippen molar-refractivity contribution < 1.29 is 29.2 Å². The Labute approximate surface area is 118 Å². The Hall–Kier alpha value is -2.60. The van der Waals surface area contributed by atoms with Crippen LogP contribution < -0.4 is 4.74 Å². The molecule has 0 aromatic heterocycles. The first kappa shape index (κ1) is 13.4. The molecule has 1 heterocycles. The number of phenolic OH excluding ortho intramolecular Hbond substituents is 2. The van der Waals surface area contributed by atoms with Crippen LogP contribution in [0.5, 0.6) is 17.2 Å². The summed E-state index contributed by atoms with van der Waals surface area (Å²) < 4.78 is 18.4. The first-order valence-corrected chi connectivity index (χ1v) is 6.18. The molecule has 2 aromatic carbocycles. The maximum absolute atomic E-state index is 12.9. The number of aromatic hydroxyl groups is 2. The lowest BCUT2D eigenvalue weighted by molar-refractivity contribution is 0.0210. The van der Waals surface area contributed by atoms with E-state index in [2.05, 4.69) is 0 Å². The van der Waals surface area contributed by atoms with Gasteiger partial charge in [0.2, 0.25) is 5.78 Å². The zero-order valence-corrected chi connectivity index (χ0v) is 10.7. The molecule has 3 rings (SSSR count). The third kappa shape index (κ3) is 2.19. The molecule has 0 bridgehead atoms. The van der Waals surface area contributed by atoms with Gasteiger partial charge in [-0.05, 0) is 17.7 Å². The average molecular weight is 290 g/mol. The molecule has 0 radical (unpaired) electrons. The molecule has 2 unspecified atom stereocenters. The Morgan fingerprint density at radius 2 is 1.76 bits per heavy atom. The van der Waals surface area contributed by atoms with Gasteiger partial charge in [-0.25, -0.2) is 4.39 Å². The van der Waals surface area contributed by atoms with E-state index < -0.39 is 29.6 Å². The molecule has 2 atom stereocenters. The van der Waals surface area contributed by atoms with E-state index in [1.807, 2.05) is 0 Å². The topological polar surface area (TPSA) is 87.0 Å². The summed E-state index contributed by atoms with van der Waals surface area (Å²) in [5.41, 5.74) is 0.226. The maximum Gasteiger partial charge on any atom is 0.202 e. The number of hydrogen-bond acceptors (Lipinski definition) is 5. The van der Waals surface area contributed by atoms with Crippen LogP contribution in [0.25, 0.3) is 0 Å². The van der Waals surface area contributed by atoms with Crippen LogP contribution in [-0.4, -0.2) is 27.2 Å². The van der Waals surface area contributed by atoms with E-state index in [9.17, 15) is 24.5 Å². The Morgan fingerprint density at radius 3 is 2.43 bits per heavy atom. The second kappa shape index (κ2) is 4.75. The summed E-state index contributed by atoms with van der Waals surface area (Å²) in [6.07, 6.45) is -2.56. The van der Waals surface area contributed by atoms with E-state index in [0.29, 0.717) is 5.56 Å². The summed E-state index contributed by atoms with van der Waals surface area (Å²) in [4.78, 5) is 12.2. The van der Waals surface area contributed by atoms with Crippen molar-refractivity contribution in [3.05, 3.63) is 53.3 Å². The number of carbonyl (C=O) groups excluding carboxylic acids is 1. The second-order valence-electron chi connectivity index (χ2n) is 4.74. The SMILES string of the molecule is O=C1c2c(O)cc(O)cc2OC(c2ccc(F)cc2)C1O. The smallest absolute Gasteiger partial charge is 0.202 e. The predicted molar refractivity (Wildman–Crippen MR) is 69.9 cm³/mol. The number of hydrogen-bond donors (Lipinski definition) is 3.